The van der Waals surface area contributed by atoms with Gasteiger partial charge in [-0.15, -0.1) is 0 Å². The Kier molecular flexibility index (Phi) is 3.79. The molecular weight excluding hydrogens is 144 g/mol. The molecule has 1 N–H and O–H groups in total. The lowest BCUT2D eigenvalue weighted by atomic mass is 10.4. The lowest BCUT2D eigenvalue weighted by molar-refractivity contribution is -0.180. The topological polar surface area (TPSA) is 35.9 Å². The first-order valence-corrected chi connectivity index (χ1v) is 4.00. The second-order valence-corrected chi connectivity index (χ2v) is 2.79. The van der Waals surface area contributed by atoms with E-state index in [2.05, 4.69) is 11.9 Å². The molecule has 0 amide bonds. The van der Waals surface area contributed by atoms with Crippen LogP contribution in [0.15, 0.2) is 0 Å². The standard InChI is InChI=1S/C7H16N2O2/c1-8-2-4-9(5-3-8)11-7-6-10/h10H,2-7H2,1H3. The van der Waals surface area contributed by atoms with Crippen molar-refractivity contribution in [3.05, 3.63) is 0 Å². The van der Waals surface area contributed by atoms with Gasteiger partial charge in [-0.1, -0.05) is 0 Å². The molecule has 1 saturated heterocycles. The summed E-state index contributed by atoms with van der Waals surface area (Å²) in [6.45, 7) is 4.50. The van der Waals surface area contributed by atoms with Gasteiger partial charge in [-0.3, -0.25) is 4.84 Å². The quantitative estimate of drug-likeness (QED) is 0.584. The molecule has 4 heteroatoms. The van der Waals surface area contributed by atoms with Crippen LogP contribution in [0.3, 0.4) is 0 Å². The van der Waals surface area contributed by atoms with E-state index in [0.29, 0.717) is 6.61 Å². The summed E-state index contributed by atoms with van der Waals surface area (Å²) in [7, 11) is 2.10. The Morgan fingerprint density at radius 3 is 2.45 bits per heavy atom. The normalized spacial score (nSPS) is 22.4. The SMILES string of the molecule is CN1CCN(OCCO)CC1. The lowest BCUT2D eigenvalue weighted by Gasteiger charge is -2.31. The van der Waals surface area contributed by atoms with Crippen LogP contribution in [0, 0.1) is 0 Å². The maximum Gasteiger partial charge on any atom is 0.0916 e. The van der Waals surface area contributed by atoms with Gasteiger partial charge in [-0.25, -0.2) is 0 Å². The van der Waals surface area contributed by atoms with E-state index in [0.717, 1.165) is 26.2 Å². The number of nitrogens with zero attached hydrogens (tertiary/aromatic N) is 2. The van der Waals surface area contributed by atoms with Gasteiger partial charge in [0.15, 0.2) is 0 Å². The summed E-state index contributed by atoms with van der Waals surface area (Å²) in [5.41, 5.74) is 0. The number of likely N-dealkylation sites (N-methyl/N-ethyl adjacent to an activating group) is 1. The minimum atomic E-state index is 0.104. The van der Waals surface area contributed by atoms with Crippen LogP contribution in [0.2, 0.25) is 0 Å². The predicted molar refractivity (Wildman–Crippen MR) is 42.1 cm³/mol. The number of rotatable bonds is 3. The highest BCUT2D eigenvalue weighted by Crippen LogP contribution is 1.98. The largest absolute Gasteiger partial charge is 0.394 e. The van der Waals surface area contributed by atoms with Crippen molar-refractivity contribution >= 4 is 0 Å². The van der Waals surface area contributed by atoms with Crippen LogP contribution in [0.5, 0.6) is 0 Å². The van der Waals surface area contributed by atoms with Gasteiger partial charge in [-0.2, -0.15) is 5.06 Å². The molecule has 66 valence electrons. The zero-order valence-corrected chi connectivity index (χ0v) is 6.99. The van der Waals surface area contributed by atoms with Crippen molar-refractivity contribution in [2.75, 3.05) is 46.4 Å². The Morgan fingerprint density at radius 1 is 1.27 bits per heavy atom. The molecule has 0 aliphatic carbocycles. The van der Waals surface area contributed by atoms with Crippen molar-refractivity contribution in [2.24, 2.45) is 0 Å². The predicted octanol–water partition coefficient (Wildman–Crippen LogP) is -0.842. The molecule has 1 rings (SSSR count). The second kappa shape index (κ2) is 4.66. The third-order valence-electron chi connectivity index (χ3n) is 1.83. The molecule has 11 heavy (non-hydrogen) atoms. The van der Waals surface area contributed by atoms with E-state index >= 15 is 0 Å². The van der Waals surface area contributed by atoms with E-state index in [1.54, 1.807) is 0 Å². The Hall–Kier alpha value is -0.160. The van der Waals surface area contributed by atoms with E-state index in [9.17, 15) is 0 Å². The smallest absolute Gasteiger partial charge is 0.0916 e. The van der Waals surface area contributed by atoms with Crippen LogP contribution in [-0.2, 0) is 4.84 Å². The molecule has 0 unspecified atom stereocenters. The van der Waals surface area contributed by atoms with Crippen LogP contribution >= 0.6 is 0 Å². The van der Waals surface area contributed by atoms with Gasteiger partial charge in [0.1, 0.15) is 0 Å². The summed E-state index contributed by atoms with van der Waals surface area (Å²) in [4.78, 5) is 7.50. The molecule has 0 aromatic heterocycles. The Morgan fingerprint density at radius 2 is 1.91 bits per heavy atom. The molecule has 0 spiro atoms. The monoisotopic (exact) mass is 160 g/mol. The molecule has 0 bridgehead atoms. The number of hydrogen-bond donors (Lipinski definition) is 1. The van der Waals surface area contributed by atoms with Gasteiger partial charge in [0, 0.05) is 26.2 Å². The number of piperazine rings is 1. The molecule has 1 fully saturated rings. The van der Waals surface area contributed by atoms with Gasteiger partial charge >= 0.3 is 0 Å². The molecule has 1 heterocycles. The van der Waals surface area contributed by atoms with Crippen molar-refractivity contribution < 1.29 is 9.94 Å². The van der Waals surface area contributed by atoms with Crippen molar-refractivity contribution in [1.82, 2.24) is 9.96 Å². The maximum absolute atomic E-state index is 8.49. The molecule has 1 aliphatic heterocycles. The van der Waals surface area contributed by atoms with Crippen LogP contribution in [-0.4, -0.2) is 61.5 Å². The summed E-state index contributed by atoms with van der Waals surface area (Å²) in [5, 5.41) is 10.4. The average molecular weight is 160 g/mol. The van der Waals surface area contributed by atoms with E-state index in [-0.39, 0.29) is 6.61 Å². The number of hydrogen-bond acceptors (Lipinski definition) is 4. The highest BCUT2D eigenvalue weighted by atomic mass is 16.7. The van der Waals surface area contributed by atoms with Crippen LogP contribution < -0.4 is 0 Å². The van der Waals surface area contributed by atoms with E-state index in [4.69, 9.17) is 9.94 Å². The van der Waals surface area contributed by atoms with Gasteiger partial charge in [0.2, 0.25) is 0 Å². The van der Waals surface area contributed by atoms with Gasteiger partial charge in [0.05, 0.1) is 13.2 Å². The molecule has 0 radical (unpaired) electrons. The zero-order chi connectivity index (χ0) is 8.10. The Bertz CT molecular complexity index is 99.9. The third kappa shape index (κ3) is 3.16. The molecule has 0 aromatic carbocycles. The zero-order valence-electron chi connectivity index (χ0n) is 6.99. The first-order chi connectivity index (χ1) is 5.33. The fourth-order valence-corrected chi connectivity index (χ4v) is 1.09. The van der Waals surface area contributed by atoms with Crippen molar-refractivity contribution in [2.45, 2.75) is 0 Å². The Balaban J connectivity index is 2.07. The van der Waals surface area contributed by atoms with E-state index < -0.39 is 0 Å². The van der Waals surface area contributed by atoms with E-state index in [1.807, 2.05) is 5.06 Å². The van der Waals surface area contributed by atoms with E-state index in [1.165, 1.54) is 0 Å². The average Bonchev–Trinajstić information content (AvgIpc) is 2.04. The fourth-order valence-electron chi connectivity index (χ4n) is 1.09. The number of aliphatic hydroxyl groups excluding tert-OH is 1. The van der Waals surface area contributed by atoms with Crippen molar-refractivity contribution in [3.8, 4) is 0 Å². The lowest BCUT2D eigenvalue weighted by Crippen LogP contribution is -2.44. The fraction of sp³-hybridized carbons (Fsp3) is 1.00. The summed E-state index contributed by atoms with van der Waals surface area (Å²) < 4.78 is 0. The maximum atomic E-state index is 8.49. The molecular formula is C7H16N2O2. The van der Waals surface area contributed by atoms with Gasteiger partial charge < -0.3 is 10.0 Å². The molecule has 0 aromatic rings. The van der Waals surface area contributed by atoms with Crippen molar-refractivity contribution in [1.29, 1.82) is 0 Å². The van der Waals surface area contributed by atoms with Crippen LogP contribution in [0.25, 0.3) is 0 Å². The molecule has 4 nitrogen and oxygen atoms in total. The van der Waals surface area contributed by atoms with Crippen LogP contribution in [0.4, 0.5) is 0 Å². The highest BCUT2D eigenvalue weighted by molar-refractivity contribution is 4.62. The number of hydroxylamine groups is 2. The first-order valence-electron chi connectivity index (χ1n) is 4.00. The Labute approximate surface area is 67.3 Å². The minimum Gasteiger partial charge on any atom is -0.394 e. The second-order valence-electron chi connectivity index (χ2n) is 2.79. The van der Waals surface area contributed by atoms with Crippen molar-refractivity contribution in [3.63, 3.8) is 0 Å². The third-order valence-corrected chi connectivity index (χ3v) is 1.83. The molecule has 1 aliphatic rings. The first kappa shape index (κ1) is 8.93. The number of aliphatic hydroxyl groups is 1. The summed E-state index contributed by atoms with van der Waals surface area (Å²) in [6, 6.07) is 0. The van der Waals surface area contributed by atoms with Gasteiger partial charge in [-0.05, 0) is 7.05 Å². The van der Waals surface area contributed by atoms with Gasteiger partial charge in [0.25, 0.3) is 0 Å². The molecule has 0 atom stereocenters. The summed E-state index contributed by atoms with van der Waals surface area (Å²) in [5.74, 6) is 0. The summed E-state index contributed by atoms with van der Waals surface area (Å²) >= 11 is 0. The summed E-state index contributed by atoms with van der Waals surface area (Å²) in [6.07, 6.45) is 0. The highest BCUT2D eigenvalue weighted by Gasteiger charge is 2.13. The minimum absolute atomic E-state index is 0.104. The van der Waals surface area contributed by atoms with Crippen LogP contribution in [0.1, 0.15) is 0 Å². The molecule has 0 saturated carbocycles.